The first kappa shape index (κ1) is 50.6. The molecule has 7 N–H and O–H groups in total. The van der Waals surface area contributed by atoms with Gasteiger partial charge in [0.2, 0.25) is 33.7 Å². The maximum atomic E-state index is 14.2. The molecule has 2 aliphatic heterocycles. The third kappa shape index (κ3) is 17.3. The van der Waals surface area contributed by atoms with Gasteiger partial charge in [0.05, 0.1) is 30.3 Å². The first-order chi connectivity index (χ1) is 28.7. The number of anilines is 1. The summed E-state index contributed by atoms with van der Waals surface area (Å²) in [6, 6.07) is 8.08. The zero-order valence-corrected chi connectivity index (χ0v) is 37.3. The summed E-state index contributed by atoms with van der Waals surface area (Å²) in [5, 5.41) is 35.2. The van der Waals surface area contributed by atoms with Gasteiger partial charge in [0, 0.05) is 25.7 Å². The highest BCUT2D eigenvalue weighted by Gasteiger charge is 2.34. The second-order valence-corrected chi connectivity index (χ2v) is 18.7. The highest BCUT2D eigenvalue weighted by atomic mass is 32.2. The molecule has 0 saturated carbocycles. The number of amides is 5. The molecule has 0 saturated heterocycles. The van der Waals surface area contributed by atoms with Crippen molar-refractivity contribution >= 4 is 45.4 Å². The van der Waals surface area contributed by atoms with Gasteiger partial charge in [-0.1, -0.05) is 45.7 Å². The summed E-state index contributed by atoms with van der Waals surface area (Å²) < 4.78 is 40.6. The van der Waals surface area contributed by atoms with Crippen LogP contribution in [0.5, 0.6) is 5.75 Å². The number of aliphatic hydroxyl groups is 2. The van der Waals surface area contributed by atoms with E-state index >= 15 is 0 Å². The van der Waals surface area contributed by atoms with Crippen LogP contribution in [0.25, 0.3) is 0 Å². The average molecular weight is 875 g/mol. The van der Waals surface area contributed by atoms with E-state index in [1.54, 1.807) is 45.0 Å². The van der Waals surface area contributed by atoms with Crippen LogP contribution in [0.3, 0.4) is 0 Å². The van der Waals surface area contributed by atoms with E-state index in [0.29, 0.717) is 43.5 Å². The standard InChI is InChI=1S/C43H66N6O11S/c1-8-9-12-34-40(54)47-36(38(52)26-49(23-22-28(2)3)61(57,58)33-20-16-31(17-21-33)44-29(4)51)25-30-14-18-32(19-15-30)59-24-11-10-13-35(39(53)45-34)46-41(55)37(27-50)48-42(56)60-43(5,6)7/h14-21,28,34-38,50,52H,8-13,22-27H2,1-7H3,(H,44,51)(H,45,53)(H,46,55)(H,47,54)(H,48,56)/t34-,35-,36+,37+,38-/m1/s1. The van der Waals surface area contributed by atoms with Crippen LogP contribution in [0.1, 0.15) is 99.0 Å². The Bertz CT molecular complexity index is 1850. The van der Waals surface area contributed by atoms with Crippen LogP contribution in [0, 0.1) is 5.92 Å². The van der Waals surface area contributed by atoms with Crippen LogP contribution in [-0.2, 0) is 40.4 Å². The van der Waals surface area contributed by atoms with Crippen LogP contribution in [-0.4, -0.2) is 115 Å². The van der Waals surface area contributed by atoms with Gasteiger partial charge in [0.25, 0.3) is 0 Å². The molecule has 0 aliphatic carbocycles. The van der Waals surface area contributed by atoms with Crippen molar-refractivity contribution in [2.24, 2.45) is 5.92 Å². The SMILES string of the molecule is CCCC[C@H]1NC(=O)[C@H](NC(=O)[C@H](CO)NC(=O)OC(C)(C)C)CCCCOc2ccc(cc2)C[C@@H]([C@H](O)CN(CCC(C)C)S(=O)(=O)c2ccc(NC(C)=O)cc2)NC1=O. The number of alkyl carbamates (subject to hydrolysis) is 1. The molecule has 0 spiro atoms. The van der Waals surface area contributed by atoms with E-state index in [2.05, 4.69) is 26.6 Å². The highest BCUT2D eigenvalue weighted by molar-refractivity contribution is 7.89. The normalized spacial score (nSPS) is 19.2. The number of carbonyl (C=O) groups excluding carboxylic acids is 5. The number of nitrogens with zero attached hydrogens (tertiary/aromatic N) is 1. The molecule has 2 heterocycles. The van der Waals surface area contributed by atoms with Crippen molar-refractivity contribution in [3.05, 3.63) is 54.1 Å². The maximum Gasteiger partial charge on any atom is 0.408 e. The molecule has 5 amide bonds. The lowest BCUT2D eigenvalue weighted by Crippen LogP contribution is -2.59. The van der Waals surface area contributed by atoms with E-state index in [-0.39, 0.29) is 55.7 Å². The van der Waals surface area contributed by atoms with Crippen molar-refractivity contribution in [2.75, 3.05) is 31.6 Å². The molecule has 5 atom stereocenters. The second kappa shape index (κ2) is 24.0. The summed E-state index contributed by atoms with van der Waals surface area (Å²) in [5.74, 6) is -1.76. The molecule has 18 heteroatoms. The van der Waals surface area contributed by atoms with Crippen molar-refractivity contribution in [1.29, 1.82) is 0 Å². The Morgan fingerprint density at radius 2 is 1.67 bits per heavy atom. The van der Waals surface area contributed by atoms with E-state index in [1.807, 2.05) is 20.8 Å². The molecule has 2 aromatic carbocycles. The number of nitrogens with one attached hydrogen (secondary N) is 5. The van der Waals surface area contributed by atoms with Gasteiger partial charge in [0.1, 0.15) is 29.5 Å². The Morgan fingerprint density at radius 3 is 2.26 bits per heavy atom. The minimum absolute atomic E-state index is 0.0407. The first-order valence-electron chi connectivity index (χ1n) is 21.0. The van der Waals surface area contributed by atoms with Gasteiger partial charge >= 0.3 is 6.09 Å². The zero-order valence-electron chi connectivity index (χ0n) is 36.5. The quantitative estimate of drug-likeness (QED) is 0.129. The van der Waals surface area contributed by atoms with Crippen molar-refractivity contribution in [3.8, 4) is 5.75 Å². The molecule has 0 unspecified atom stereocenters. The molecule has 0 aromatic heterocycles. The topological polar surface area (TPSA) is 242 Å². The van der Waals surface area contributed by atoms with Gasteiger partial charge in [0.15, 0.2) is 0 Å². The van der Waals surface area contributed by atoms with Crippen molar-refractivity contribution in [1.82, 2.24) is 25.6 Å². The van der Waals surface area contributed by atoms with Gasteiger partial charge in [-0.3, -0.25) is 19.2 Å². The predicted octanol–water partition coefficient (Wildman–Crippen LogP) is 3.38. The largest absolute Gasteiger partial charge is 0.494 e. The second-order valence-electron chi connectivity index (χ2n) is 16.8. The van der Waals surface area contributed by atoms with E-state index in [0.717, 1.165) is 5.56 Å². The fourth-order valence-electron chi connectivity index (χ4n) is 6.43. The minimum atomic E-state index is -4.17. The Labute approximate surface area is 360 Å². The highest BCUT2D eigenvalue weighted by Crippen LogP contribution is 2.22. The summed E-state index contributed by atoms with van der Waals surface area (Å²) in [4.78, 5) is 65.5. The predicted molar refractivity (Wildman–Crippen MR) is 230 cm³/mol. The molecule has 0 fully saturated rings. The lowest BCUT2D eigenvalue weighted by Gasteiger charge is -2.31. The number of hydrogen-bond donors (Lipinski definition) is 7. The van der Waals surface area contributed by atoms with Gasteiger partial charge in [-0.15, -0.1) is 0 Å². The molecule has 2 aromatic rings. The summed E-state index contributed by atoms with van der Waals surface area (Å²) >= 11 is 0. The fourth-order valence-corrected chi connectivity index (χ4v) is 7.90. The van der Waals surface area contributed by atoms with Gasteiger partial charge < -0.3 is 46.3 Å². The van der Waals surface area contributed by atoms with Gasteiger partial charge in [-0.25, -0.2) is 13.2 Å². The third-order valence-electron chi connectivity index (χ3n) is 9.79. The molecule has 61 heavy (non-hydrogen) atoms. The molecular formula is C43H66N6O11S. The number of benzene rings is 2. The van der Waals surface area contributed by atoms with Crippen molar-refractivity contribution < 1.29 is 52.1 Å². The minimum Gasteiger partial charge on any atom is -0.494 e. The van der Waals surface area contributed by atoms with Crippen LogP contribution >= 0.6 is 0 Å². The van der Waals surface area contributed by atoms with E-state index < -0.39 is 76.3 Å². The smallest absolute Gasteiger partial charge is 0.408 e. The number of aliphatic hydroxyl groups excluding tert-OH is 2. The number of hydrogen-bond acceptors (Lipinski definition) is 11. The first-order valence-corrected chi connectivity index (χ1v) is 22.5. The number of carbonyl (C=O) groups is 5. The number of unbranched alkanes of at least 4 members (excludes halogenated alkanes) is 1. The maximum absolute atomic E-state index is 14.2. The molecule has 17 nitrogen and oxygen atoms in total. The van der Waals surface area contributed by atoms with Crippen LogP contribution in [0.2, 0.25) is 0 Å². The molecule has 2 aliphatic rings. The number of fused-ring (bicyclic) bond motifs is 14. The fraction of sp³-hybridized carbons (Fsp3) is 0.605. The number of ether oxygens (including phenoxy) is 2. The van der Waals surface area contributed by atoms with Crippen LogP contribution in [0.4, 0.5) is 10.5 Å². The van der Waals surface area contributed by atoms with Crippen molar-refractivity contribution in [3.63, 3.8) is 0 Å². The van der Waals surface area contributed by atoms with E-state index in [1.165, 1.54) is 35.5 Å². The molecule has 4 rings (SSSR count). The molecule has 2 bridgehead atoms. The summed E-state index contributed by atoms with van der Waals surface area (Å²) in [7, 11) is -4.17. The van der Waals surface area contributed by atoms with Gasteiger partial charge in [-0.05, 0) is 107 Å². The Balaban J connectivity index is 1.96. The van der Waals surface area contributed by atoms with Crippen molar-refractivity contribution in [2.45, 2.75) is 141 Å². The molecule has 0 radical (unpaired) electrons. The molecular weight excluding hydrogens is 809 g/mol. The van der Waals surface area contributed by atoms with E-state index in [9.17, 15) is 42.6 Å². The molecule has 340 valence electrons. The van der Waals surface area contributed by atoms with E-state index in [4.69, 9.17) is 9.47 Å². The number of sulfonamides is 1. The average Bonchev–Trinajstić information content (AvgIpc) is 3.18. The lowest BCUT2D eigenvalue weighted by atomic mass is 9.99. The summed E-state index contributed by atoms with van der Waals surface area (Å²) in [6.07, 6.45) is 0.704. The van der Waals surface area contributed by atoms with Gasteiger partial charge in [-0.2, -0.15) is 4.31 Å². The Kier molecular flexibility index (Phi) is 19.9. The van der Waals surface area contributed by atoms with Crippen LogP contribution in [0.15, 0.2) is 53.4 Å². The monoisotopic (exact) mass is 874 g/mol. The third-order valence-corrected chi connectivity index (χ3v) is 11.7. The Hall–Kier alpha value is -4.78. The summed E-state index contributed by atoms with van der Waals surface area (Å²) in [5.41, 5.74) is 0.273. The summed E-state index contributed by atoms with van der Waals surface area (Å²) in [6.45, 7) is 11.3. The Morgan fingerprint density at radius 1 is 1.00 bits per heavy atom. The zero-order chi connectivity index (χ0) is 45.3. The van der Waals surface area contributed by atoms with Crippen LogP contribution < -0.4 is 31.3 Å². The lowest BCUT2D eigenvalue weighted by molar-refractivity contribution is -0.133. The number of rotatable bonds is 16.